The fourth-order valence-electron chi connectivity index (χ4n) is 5.71. The van der Waals surface area contributed by atoms with E-state index in [2.05, 4.69) is 16.0 Å². The van der Waals surface area contributed by atoms with Gasteiger partial charge in [-0.15, -0.1) is 0 Å². The summed E-state index contributed by atoms with van der Waals surface area (Å²) in [6.45, 7) is 10.8. The summed E-state index contributed by atoms with van der Waals surface area (Å²) in [5.74, 6) is 0.951. The van der Waals surface area contributed by atoms with Crippen molar-refractivity contribution < 1.29 is 28.9 Å². The molecule has 0 radical (unpaired) electrons. The summed E-state index contributed by atoms with van der Waals surface area (Å²) in [5, 5.41) is 22.5. The molecule has 290 valence electrons. The maximum atomic E-state index is 13.6. The molecule has 0 aliphatic carbocycles. The summed E-state index contributed by atoms with van der Waals surface area (Å²) in [6.07, 6.45) is 0. The van der Waals surface area contributed by atoms with Crippen molar-refractivity contribution in [1.82, 2.24) is 25.0 Å². The standard InChI is InChI=1S/C41H47ClN6O7/c1-26-14-15-28(38(50)43-16-18-53-6)21-33(26)47-27(2)20-34(37(42)39(47)51)55-25-30-11-8-7-10-29(30)24-44-40(52)45-36-23-35(41(3,4)5)46-48(36)31-12-9-13-32(22-31)54-19-17-49/h7-15,20-23,49H,16-19,24-25H2,1-6H3,(H,43,50)(H2,44,45,52). The average Bonchev–Trinajstić information content (AvgIpc) is 3.59. The van der Waals surface area contributed by atoms with E-state index in [1.807, 2.05) is 70.2 Å². The van der Waals surface area contributed by atoms with E-state index < -0.39 is 11.6 Å². The third-order valence-electron chi connectivity index (χ3n) is 8.69. The quantitative estimate of drug-likeness (QED) is 0.0912. The lowest BCUT2D eigenvalue weighted by molar-refractivity contribution is 0.0937. The number of aliphatic hydroxyl groups is 1. The van der Waals surface area contributed by atoms with E-state index in [1.54, 1.807) is 55.1 Å². The first-order valence-electron chi connectivity index (χ1n) is 17.8. The minimum absolute atomic E-state index is 0.0780. The highest BCUT2D eigenvalue weighted by Gasteiger charge is 2.22. The number of pyridine rings is 1. The highest BCUT2D eigenvalue weighted by molar-refractivity contribution is 6.31. The van der Waals surface area contributed by atoms with Crippen LogP contribution in [0.25, 0.3) is 11.4 Å². The Balaban J connectivity index is 1.29. The molecular formula is C41H47ClN6O7. The maximum Gasteiger partial charge on any atom is 0.320 e. The summed E-state index contributed by atoms with van der Waals surface area (Å²) in [6, 6.07) is 22.9. The molecule has 4 N–H and O–H groups in total. The van der Waals surface area contributed by atoms with E-state index >= 15 is 0 Å². The molecule has 0 saturated carbocycles. The molecule has 0 saturated heterocycles. The van der Waals surface area contributed by atoms with Gasteiger partial charge in [0.15, 0.2) is 0 Å². The predicted molar refractivity (Wildman–Crippen MR) is 212 cm³/mol. The van der Waals surface area contributed by atoms with Crippen LogP contribution in [-0.4, -0.2) is 64.9 Å². The van der Waals surface area contributed by atoms with Gasteiger partial charge >= 0.3 is 6.03 Å². The van der Waals surface area contributed by atoms with Gasteiger partial charge in [-0.25, -0.2) is 9.48 Å². The van der Waals surface area contributed by atoms with E-state index in [4.69, 9.17) is 30.9 Å². The van der Waals surface area contributed by atoms with Crippen molar-refractivity contribution in [1.29, 1.82) is 0 Å². The maximum absolute atomic E-state index is 13.6. The van der Waals surface area contributed by atoms with Gasteiger partial charge in [0.1, 0.15) is 35.6 Å². The Morgan fingerprint density at radius 2 is 1.67 bits per heavy atom. The number of benzene rings is 3. The number of halogens is 1. The number of urea groups is 1. The molecule has 0 spiro atoms. The first kappa shape index (κ1) is 40.6. The Morgan fingerprint density at radius 1 is 0.909 bits per heavy atom. The van der Waals surface area contributed by atoms with Crippen LogP contribution < -0.4 is 31.0 Å². The van der Waals surface area contributed by atoms with Crippen LogP contribution in [0.3, 0.4) is 0 Å². The molecule has 0 unspecified atom stereocenters. The Labute approximate surface area is 325 Å². The molecule has 3 amide bonds. The van der Waals surface area contributed by atoms with Crippen molar-refractivity contribution in [3.8, 4) is 22.9 Å². The van der Waals surface area contributed by atoms with Gasteiger partial charge < -0.3 is 30.0 Å². The van der Waals surface area contributed by atoms with Crippen LogP contribution in [0.5, 0.6) is 11.5 Å². The number of methoxy groups -OCH3 is 1. The zero-order valence-corrected chi connectivity index (χ0v) is 32.6. The molecule has 5 rings (SSSR count). The Bertz CT molecular complexity index is 2210. The van der Waals surface area contributed by atoms with Crippen LogP contribution >= 0.6 is 11.6 Å². The average molecular weight is 771 g/mol. The molecule has 55 heavy (non-hydrogen) atoms. The fraction of sp³-hybridized carbons (Fsp3) is 0.317. The van der Waals surface area contributed by atoms with Crippen LogP contribution in [0.2, 0.25) is 5.02 Å². The third kappa shape index (κ3) is 10.1. The number of amides is 3. The van der Waals surface area contributed by atoms with Crippen molar-refractivity contribution in [3.05, 3.63) is 128 Å². The van der Waals surface area contributed by atoms with Gasteiger partial charge in [0, 0.05) is 55.1 Å². The van der Waals surface area contributed by atoms with E-state index in [0.717, 1.165) is 22.4 Å². The Hall–Kier alpha value is -5.63. The number of rotatable bonds is 15. The van der Waals surface area contributed by atoms with Gasteiger partial charge in [-0.3, -0.25) is 19.5 Å². The molecule has 0 aliphatic rings. The second-order valence-electron chi connectivity index (χ2n) is 13.9. The minimum atomic E-state index is -0.485. The van der Waals surface area contributed by atoms with Crippen LogP contribution in [0.15, 0.2) is 83.7 Å². The molecule has 0 bridgehead atoms. The molecule has 14 heteroatoms. The second-order valence-corrected chi connectivity index (χ2v) is 14.2. The number of ether oxygens (including phenoxy) is 3. The number of aryl methyl sites for hydroxylation is 2. The van der Waals surface area contributed by atoms with Gasteiger partial charge in [-0.1, -0.05) is 68.8 Å². The lowest BCUT2D eigenvalue weighted by atomic mass is 9.92. The minimum Gasteiger partial charge on any atom is -0.491 e. The summed E-state index contributed by atoms with van der Waals surface area (Å²) >= 11 is 6.62. The van der Waals surface area contributed by atoms with E-state index in [1.165, 1.54) is 4.57 Å². The molecule has 0 atom stereocenters. The monoisotopic (exact) mass is 770 g/mol. The molecule has 5 aromatic rings. The first-order valence-corrected chi connectivity index (χ1v) is 18.2. The lowest BCUT2D eigenvalue weighted by Crippen LogP contribution is -2.29. The number of hydrogen-bond acceptors (Lipinski definition) is 8. The number of nitrogens with zero attached hydrogens (tertiary/aromatic N) is 3. The van der Waals surface area contributed by atoms with Crippen molar-refractivity contribution >= 4 is 29.4 Å². The number of anilines is 1. The SMILES string of the molecule is COCCNC(=O)c1ccc(C)c(-n2c(C)cc(OCc3ccccc3CNC(=O)Nc3cc(C(C)(C)C)nn3-c3cccc(OCCO)c3)c(Cl)c2=O)c1. The highest BCUT2D eigenvalue weighted by Crippen LogP contribution is 2.29. The highest BCUT2D eigenvalue weighted by atomic mass is 35.5. The van der Waals surface area contributed by atoms with Crippen molar-refractivity contribution in [3.63, 3.8) is 0 Å². The van der Waals surface area contributed by atoms with Gasteiger partial charge in [0.05, 0.1) is 30.3 Å². The Morgan fingerprint density at radius 3 is 2.40 bits per heavy atom. The lowest BCUT2D eigenvalue weighted by Gasteiger charge is -2.18. The van der Waals surface area contributed by atoms with Gasteiger partial charge in [0.25, 0.3) is 11.5 Å². The molecular weight excluding hydrogens is 724 g/mol. The summed E-state index contributed by atoms with van der Waals surface area (Å²) in [4.78, 5) is 39.7. The van der Waals surface area contributed by atoms with Gasteiger partial charge in [0.2, 0.25) is 0 Å². The van der Waals surface area contributed by atoms with Crippen LogP contribution in [-0.2, 0) is 23.3 Å². The predicted octanol–water partition coefficient (Wildman–Crippen LogP) is 6.24. The number of aliphatic hydroxyl groups excluding tert-OH is 1. The van der Waals surface area contributed by atoms with E-state index in [0.29, 0.717) is 47.4 Å². The molecule has 2 aromatic heterocycles. The van der Waals surface area contributed by atoms with Crippen LogP contribution in [0, 0.1) is 13.8 Å². The summed E-state index contributed by atoms with van der Waals surface area (Å²) in [5.41, 5.74) is 4.53. The van der Waals surface area contributed by atoms with Crippen molar-refractivity contribution in [2.45, 2.75) is 53.2 Å². The van der Waals surface area contributed by atoms with Crippen LogP contribution in [0.4, 0.5) is 10.6 Å². The number of hydrogen-bond donors (Lipinski definition) is 4. The second kappa shape index (κ2) is 18.1. The van der Waals surface area contributed by atoms with E-state index in [9.17, 15) is 19.5 Å². The number of nitrogens with one attached hydrogen (secondary N) is 3. The molecule has 2 heterocycles. The molecule has 0 aliphatic heterocycles. The first-order chi connectivity index (χ1) is 26.3. The molecule has 3 aromatic carbocycles. The summed E-state index contributed by atoms with van der Waals surface area (Å²) in [7, 11) is 1.56. The smallest absolute Gasteiger partial charge is 0.320 e. The van der Waals surface area contributed by atoms with Crippen molar-refractivity contribution in [2.24, 2.45) is 0 Å². The summed E-state index contributed by atoms with van der Waals surface area (Å²) < 4.78 is 19.8. The van der Waals surface area contributed by atoms with Crippen LogP contribution in [0.1, 0.15) is 59.2 Å². The van der Waals surface area contributed by atoms with Gasteiger partial charge in [-0.2, -0.15) is 5.10 Å². The number of aromatic nitrogens is 3. The third-order valence-corrected chi connectivity index (χ3v) is 9.03. The van der Waals surface area contributed by atoms with Gasteiger partial charge in [-0.05, 0) is 54.8 Å². The topological polar surface area (TPSA) is 158 Å². The Kier molecular flexibility index (Phi) is 13.4. The zero-order valence-electron chi connectivity index (χ0n) is 31.9. The largest absolute Gasteiger partial charge is 0.491 e. The molecule has 0 fully saturated rings. The molecule has 13 nitrogen and oxygen atoms in total. The number of carbonyl (C=O) groups is 2. The van der Waals surface area contributed by atoms with Crippen molar-refractivity contribution in [2.75, 3.05) is 38.8 Å². The number of carbonyl (C=O) groups excluding carboxylic acids is 2. The fourth-order valence-corrected chi connectivity index (χ4v) is 5.90. The normalized spacial score (nSPS) is 11.3. The zero-order chi connectivity index (χ0) is 39.7. The van der Waals surface area contributed by atoms with E-state index in [-0.39, 0.29) is 48.5 Å².